The van der Waals surface area contributed by atoms with Crippen molar-refractivity contribution in [3.8, 4) is 50.6 Å². The number of para-hydroxylation sites is 2. The average Bonchev–Trinajstić information content (AvgIpc) is 3.74. The van der Waals surface area contributed by atoms with Crippen molar-refractivity contribution in [1.82, 2.24) is 14.5 Å². The summed E-state index contributed by atoms with van der Waals surface area (Å²) < 4.78 is 4.65. The van der Waals surface area contributed by atoms with Crippen LogP contribution in [0.25, 0.3) is 92.7 Å². The first-order chi connectivity index (χ1) is 24.8. The van der Waals surface area contributed by atoms with Gasteiger partial charge in [0.15, 0.2) is 5.82 Å². The Morgan fingerprint density at radius 3 is 1.66 bits per heavy atom. The Balaban J connectivity index is 1.12. The Kier molecular flexibility index (Phi) is 6.68. The third kappa shape index (κ3) is 4.73. The maximum Gasteiger partial charge on any atom is 0.160 e. The zero-order valence-corrected chi connectivity index (χ0v) is 27.8. The molecule has 0 spiro atoms. The van der Waals surface area contributed by atoms with Crippen LogP contribution in [0.5, 0.6) is 0 Å². The van der Waals surface area contributed by atoms with Crippen molar-refractivity contribution < 1.29 is 0 Å². The van der Waals surface area contributed by atoms with Crippen molar-refractivity contribution in [2.24, 2.45) is 0 Å². The van der Waals surface area contributed by atoms with Crippen molar-refractivity contribution in [3.63, 3.8) is 0 Å². The SMILES string of the molecule is c1ccc(-c2ccc(-c3ccc4c(c3)sc3c(-c5ccccc5)nc(-c5cccc(-n6c7ccccc7c7ccccc76)c5)nc34)cc2)cc1. The van der Waals surface area contributed by atoms with Crippen LogP contribution in [0, 0.1) is 0 Å². The summed E-state index contributed by atoms with van der Waals surface area (Å²) in [7, 11) is 0. The van der Waals surface area contributed by atoms with Crippen LogP contribution in [0.1, 0.15) is 0 Å². The predicted molar refractivity (Wildman–Crippen MR) is 211 cm³/mol. The molecule has 0 bridgehead atoms. The second kappa shape index (κ2) is 11.7. The standard InChI is InChI=1S/C46H29N3S/c1-3-12-30(13-4-1)31-22-24-32(25-23-31)34-26-27-39-42(29-34)50-45-43(33-14-5-2-6-15-33)47-46(48-44(39)45)35-16-11-17-36(28-35)49-40-20-9-7-18-37(40)38-19-8-10-21-41(38)49/h1-29H. The van der Waals surface area contributed by atoms with Gasteiger partial charge < -0.3 is 4.57 Å². The topological polar surface area (TPSA) is 30.7 Å². The van der Waals surface area contributed by atoms with Gasteiger partial charge in [0, 0.05) is 37.7 Å². The molecule has 3 nitrogen and oxygen atoms in total. The first-order valence-corrected chi connectivity index (χ1v) is 17.6. The fourth-order valence-electron chi connectivity index (χ4n) is 7.21. The number of fused-ring (bicyclic) bond motifs is 6. The van der Waals surface area contributed by atoms with Gasteiger partial charge in [-0.2, -0.15) is 0 Å². The number of hydrogen-bond acceptors (Lipinski definition) is 3. The van der Waals surface area contributed by atoms with Gasteiger partial charge in [0.25, 0.3) is 0 Å². The van der Waals surface area contributed by atoms with Gasteiger partial charge in [-0.15, -0.1) is 11.3 Å². The summed E-state index contributed by atoms with van der Waals surface area (Å²) >= 11 is 1.77. The Hall–Kier alpha value is -6.36. The number of hydrogen-bond donors (Lipinski definition) is 0. The number of rotatable bonds is 5. The summed E-state index contributed by atoms with van der Waals surface area (Å²) in [6.07, 6.45) is 0. The smallest absolute Gasteiger partial charge is 0.160 e. The lowest BCUT2D eigenvalue weighted by Crippen LogP contribution is -1.97. The van der Waals surface area contributed by atoms with Gasteiger partial charge in [0.1, 0.15) is 0 Å². The summed E-state index contributed by atoms with van der Waals surface area (Å²) in [4.78, 5) is 10.6. The largest absolute Gasteiger partial charge is 0.309 e. The van der Waals surface area contributed by atoms with Gasteiger partial charge >= 0.3 is 0 Å². The minimum atomic E-state index is 0.722. The van der Waals surface area contributed by atoms with E-state index in [4.69, 9.17) is 9.97 Å². The third-order valence-corrected chi connectivity index (χ3v) is 10.8. The fourth-order valence-corrected chi connectivity index (χ4v) is 8.41. The summed E-state index contributed by atoms with van der Waals surface area (Å²) in [5, 5.41) is 3.64. The molecule has 4 heteroatoms. The predicted octanol–water partition coefficient (Wildman–Crippen LogP) is 12.6. The average molecular weight is 656 g/mol. The van der Waals surface area contributed by atoms with Gasteiger partial charge in [-0.1, -0.05) is 146 Å². The number of thiophene rings is 1. The maximum absolute atomic E-state index is 5.30. The molecule has 3 heterocycles. The highest BCUT2D eigenvalue weighted by Crippen LogP contribution is 2.41. The highest BCUT2D eigenvalue weighted by atomic mass is 32.1. The van der Waals surface area contributed by atoms with Crippen molar-refractivity contribution in [3.05, 3.63) is 176 Å². The molecule has 3 aromatic heterocycles. The molecule has 0 fully saturated rings. The summed E-state index contributed by atoms with van der Waals surface area (Å²) in [6.45, 7) is 0. The quantitative estimate of drug-likeness (QED) is 0.185. The van der Waals surface area contributed by atoms with Gasteiger partial charge in [-0.25, -0.2) is 9.97 Å². The van der Waals surface area contributed by atoms with Crippen LogP contribution >= 0.6 is 11.3 Å². The molecule has 50 heavy (non-hydrogen) atoms. The maximum atomic E-state index is 5.30. The van der Waals surface area contributed by atoms with E-state index in [1.165, 1.54) is 48.8 Å². The van der Waals surface area contributed by atoms with E-state index in [-0.39, 0.29) is 0 Å². The van der Waals surface area contributed by atoms with Crippen LogP contribution in [0.3, 0.4) is 0 Å². The molecular weight excluding hydrogens is 627 g/mol. The molecule has 234 valence electrons. The Morgan fingerprint density at radius 1 is 0.400 bits per heavy atom. The molecule has 7 aromatic carbocycles. The van der Waals surface area contributed by atoms with Crippen LogP contribution in [-0.2, 0) is 0 Å². The van der Waals surface area contributed by atoms with Crippen molar-refractivity contribution in [2.75, 3.05) is 0 Å². The third-order valence-electron chi connectivity index (χ3n) is 9.63. The lowest BCUT2D eigenvalue weighted by molar-refractivity contribution is 1.17. The van der Waals surface area contributed by atoms with Gasteiger partial charge in [0.2, 0.25) is 0 Å². The summed E-state index contributed by atoms with van der Waals surface area (Å²) in [6, 6.07) is 62.5. The van der Waals surface area contributed by atoms with E-state index in [0.717, 1.165) is 43.9 Å². The van der Waals surface area contributed by atoms with Crippen LogP contribution in [0.2, 0.25) is 0 Å². The molecular formula is C46H29N3S. The van der Waals surface area contributed by atoms with Gasteiger partial charge in [-0.3, -0.25) is 0 Å². The van der Waals surface area contributed by atoms with Crippen molar-refractivity contribution >= 4 is 53.4 Å². The molecule has 0 saturated carbocycles. The summed E-state index contributed by atoms with van der Waals surface area (Å²) in [5.74, 6) is 0.722. The second-order valence-corrected chi connectivity index (χ2v) is 13.7. The lowest BCUT2D eigenvalue weighted by Gasteiger charge is -2.11. The molecule has 0 aliphatic heterocycles. The minimum absolute atomic E-state index is 0.722. The lowest BCUT2D eigenvalue weighted by atomic mass is 10.00. The molecule has 10 aromatic rings. The molecule has 0 aliphatic carbocycles. The van der Waals surface area contributed by atoms with E-state index in [2.05, 4.69) is 180 Å². The monoisotopic (exact) mass is 655 g/mol. The van der Waals surface area contributed by atoms with Crippen LogP contribution in [0.4, 0.5) is 0 Å². The highest BCUT2D eigenvalue weighted by Gasteiger charge is 2.18. The molecule has 10 rings (SSSR count). The first kappa shape index (κ1) is 28.6. The fraction of sp³-hybridized carbons (Fsp3) is 0. The van der Waals surface area contributed by atoms with E-state index in [1.807, 2.05) is 0 Å². The molecule has 0 N–H and O–H groups in total. The molecule has 0 aliphatic rings. The van der Waals surface area contributed by atoms with Crippen LogP contribution in [-0.4, -0.2) is 14.5 Å². The van der Waals surface area contributed by atoms with E-state index in [1.54, 1.807) is 11.3 Å². The number of nitrogens with zero attached hydrogens (tertiary/aromatic N) is 3. The second-order valence-electron chi connectivity index (χ2n) is 12.6. The molecule has 0 unspecified atom stereocenters. The zero-order chi connectivity index (χ0) is 33.0. The number of aromatic nitrogens is 3. The van der Waals surface area contributed by atoms with Gasteiger partial charge in [0.05, 0.1) is 26.9 Å². The van der Waals surface area contributed by atoms with E-state index >= 15 is 0 Å². The Bertz CT molecular complexity index is 2800. The number of benzene rings is 7. The molecule has 0 amide bonds. The zero-order valence-electron chi connectivity index (χ0n) is 27.0. The Morgan fingerprint density at radius 2 is 0.960 bits per heavy atom. The Labute approximate surface area is 293 Å². The van der Waals surface area contributed by atoms with E-state index in [9.17, 15) is 0 Å². The first-order valence-electron chi connectivity index (χ1n) is 16.8. The molecule has 0 atom stereocenters. The minimum Gasteiger partial charge on any atom is -0.309 e. The van der Waals surface area contributed by atoms with Crippen LogP contribution in [0.15, 0.2) is 176 Å². The molecule has 0 radical (unpaired) electrons. The van der Waals surface area contributed by atoms with Crippen molar-refractivity contribution in [1.29, 1.82) is 0 Å². The van der Waals surface area contributed by atoms with Gasteiger partial charge in [-0.05, 0) is 52.6 Å². The van der Waals surface area contributed by atoms with E-state index < -0.39 is 0 Å². The van der Waals surface area contributed by atoms with Crippen LogP contribution < -0.4 is 0 Å². The molecule has 0 saturated heterocycles. The van der Waals surface area contributed by atoms with Crippen molar-refractivity contribution in [2.45, 2.75) is 0 Å². The summed E-state index contributed by atoms with van der Waals surface area (Å²) in [5.41, 5.74) is 12.3. The normalized spacial score (nSPS) is 11.6. The van der Waals surface area contributed by atoms with E-state index in [0.29, 0.717) is 0 Å². The highest BCUT2D eigenvalue weighted by molar-refractivity contribution is 7.26.